The van der Waals surface area contributed by atoms with Crippen LogP contribution in [0.4, 0.5) is 8.78 Å². The zero-order valence-corrected chi connectivity index (χ0v) is 11.3. The van der Waals surface area contributed by atoms with Crippen molar-refractivity contribution in [3.05, 3.63) is 41.7 Å². The van der Waals surface area contributed by atoms with Crippen molar-refractivity contribution < 1.29 is 8.78 Å². The van der Waals surface area contributed by atoms with E-state index in [9.17, 15) is 8.78 Å². The van der Waals surface area contributed by atoms with Gasteiger partial charge in [-0.3, -0.25) is 0 Å². The molecule has 0 saturated heterocycles. The van der Waals surface area contributed by atoms with E-state index >= 15 is 0 Å². The van der Waals surface area contributed by atoms with E-state index in [2.05, 4.69) is 15.2 Å². The smallest absolute Gasteiger partial charge is 0.153 e. The molecule has 0 aliphatic heterocycles. The number of aromatic nitrogens is 5. The van der Waals surface area contributed by atoms with Crippen LogP contribution in [-0.2, 0) is 19.5 Å². The summed E-state index contributed by atoms with van der Waals surface area (Å²) in [5.41, 5.74) is 0.449. The van der Waals surface area contributed by atoms with Crippen molar-refractivity contribution in [1.82, 2.24) is 24.3 Å². The molecule has 3 aromatic rings. The molecule has 0 fully saturated rings. The van der Waals surface area contributed by atoms with Gasteiger partial charge in [-0.25, -0.2) is 13.8 Å². The van der Waals surface area contributed by atoms with Gasteiger partial charge < -0.3 is 9.13 Å². The van der Waals surface area contributed by atoms with Crippen LogP contribution < -0.4 is 0 Å². The summed E-state index contributed by atoms with van der Waals surface area (Å²) >= 11 is 5.83. The molecule has 2 aromatic heterocycles. The molecular weight excluding hydrogens is 288 g/mol. The molecular formula is C12H10ClF2N5. The van der Waals surface area contributed by atoms with Gasteiger partial charge in [-0.2, -0.15) is 0 Å². The highest BCUT2D eigenvalue weighted by atomic mass is 35.5. The first-order valence-corrected chi connectivity index (χ1v) is 6.36. The SMILES string of the molecule is Cn1cnnc1Cn1c(CCl)nc2c(F)cc(F)cc21. The number of nitrogens with zero attached hydrogens (tertiary/aromatic N) is 5. The van der Waals surface area contributed by atoms with Crippen molar-refractivity contribution in [2.45, 2.75) is 12.4 Å². The van der Waals surface area contributed by atoms with Gasteiger partial charge in [0.15, 0.2) is 11.6 Å². The highest BCUT2D eigenvalue weighted by molar-refractivity contribution is 6.16. The van der Waals surface area contributed by atoms with Crippen LogP contribution in [0, 0.1) is 11.6 Å². The van der Waals surface area contributed by atoms with Crippen LogP contribution in [0.25, 0.3) is 11.0 Å². The Labute approximate surface area is 117 Å². The summed E-state index contributed by atoms with van der Waals surface area (Å²) in [7, 11) is 1.79. The number of alkyl halides is 1. The number of aryl methyl sites for hydroxylation is 1. The van der Waals surface area contributed by atoms with Crippen molar-refractivity contribution >= 4 is 22.6 Å². The third-order valence-corrected chi connectivity index (χ3v) is 3.31. The van der Waals surface area contributed by atoms with Gasteiger partial charge in [0.05, 0.1) is 17.9 Å². The van der Waals surface area contributed by atoms with Gasteiger partial charge >= 0.3 is 0 Å². The van der Waals surface area contributed by atoms with Crippen LogP contribution >= 0.6 is 11.6 Å². The van der Waals surface area contributed by atoms with E-state index in [0.717, 1.165) is 6.07 Å². The first kappa shape index (κ1) is 13.0. The molecule has 0 saturated carbocycles. The maximum Gasteiger partial charge on any atom is 0.153 e. The summed E-state index contributed by atoms with van der Waals surface area (Å²) in [6.07, 6.45) is 1.55. The first-order valence-electron chi connectivity index (χ1n) is 5.83. The monoisotopic (exact) mass is 297 g/mol. The van der Waals surface area contributed by atoms with E-state index in [0.29, 0.717) is 17.2 Å². The number of fused-ring (bicyclic) bond motifs is 1. The number of hydrogen-bond acceptors (Lipinski definition) is 3. The number of benzene rings is 1. The second-order valence-corrected chi connectivity index (χ2v) is 4.63. The molecule has 104 valence electrons. The molecule has 20 heavy (non-hydrogen) atoms. The van der Waals surface area contributed by atoms with Crippen LogP contribution in [0.3, 0.4) is 0 Å². The Morgan fingerprint density at radius 1 is 1.25 bits per heavy atom. The number of imidazole rings is 1. The minimum atomic E-state index is -0.705. The minimum Gasteiger partial charge on any atom is -0.319 e. The summed E-state index contributed by atoms with van der Waals surface area (Å²) in [4.78, 5) is 4.11. The minimum absolute atomic E-state index is 0.0909. The molecule has 0 radical (unpaired) electrons. The summed E-state index contributed by atoms with van der Waals surface area (Å²) in [6.45, 7) is 0.290. The first-order chi connectivity index (χ1) is 9.60. The van der Waals surface area contributed by atoms with Crippen molar-refractivity contribution in [2.75, 3.05) is 0 Å². The predicted molar refractivity (Wildman–Crippen MR) is 69.3 cm³/mol. The molecule has 0 aliphatic carbocycles. The Bertz CT molecular complexity index is 780. The Morgan fingerprint density at radius 3 is 2.70 bits per heavy atom. The van der Waals surface area contributed by atoms with Gasteiger partial charge in [0, 0.05) is 13.1 Å². The highest BCUT2D eigenvalue weighted by Gasteiger charge is 2.16. The fraction of sp³-hybridized carbons (Fsp3) is 0.250. The van der Waals surface area contributed by atoms with E-state index in [1.54, 1.807) is 22.5 Å². The van der Waals surface area contributed by atoms with E-state index in [-0.39, 0.29) is 17.9 Å². The molecule has 0 spiro atoms. The molecule has 0 aliphatic rings. The molecule has 0 amide bonds. The molecule has 0 bridgehead atoms. The van der Waals surface area contributed by atoms with E-state index < -0.39 is 11.6 Å². The largest absolute Gasteiger partial charge is 0.319 e. The molecule has 2 heterocycles. The molecule has 3 rings (SSSR count). The number of hydrogen-bond donors (Lipinski definition) is 0. The molecule has 8 heteroatoms. The van der Waals surface area contributed by atoms with Crippen LogP contribution in [0.2, 0.25) is 0 Å². The van der Waals surface area contributed by atoms with E-state index in [1.165, 1.54) is 6.07 Å². The quantitative estimate of drug-likeness (QED) is 0.697. The Kier molecular flexibility index (Phi) is 3.13. The summed E-state index contributed by atoms with van der Waals surface area (Å²) in [5, 5.41) is 7.72. The average Bonchev–Trinajstić information content (AvgIpc) is 2.95. The standard InChI is InChI=1S/C12H10ClF2N5/c1-19-6-16-18-11(19)5-20-9-3-7(14)2-8(15)12(9)17-10(20)4-13/h2-3,6H,4-5H2,1H3. The van der Waals surface area contributed by atoms with Gasteiger partial charge in [-0.05, 0) is 6.07 Å². The van der Waals surface area contributed by atoms with E-state index in [4.69, 9.17) is 11.6 Å². The topological polar surface area (TPSA) is 48.5 Å². The average molecular weight is 298 g/mol. The van der Waals surface area contributed by atoms with Crippen LogP contribution in [0.1, 0.15) is 11.6 Å². The number of rotatable bonds is 3. The van der Waals surface area contributed by atoms with Gasteiger partial charge in [-0.15, -0.1) is 21.8 Å². The second-order valence-electron chi connectivity index (χ2n) is 4.36. The predicted octanol–water partition coefficient (Wildman–Crippen LogP) is 2.23. The lowest BCUT2D eigenvalue weighted by atomic mass is 10.3. The van der Waals surface area contributed by atoms with E-state index in [1.807, 2.05) is 0 Å². The molecule has 0 atom stereocenters. The summed E-state index contributed by atoms with van der Waals surface area (Å²) in [5.74, 6) is -0.180. The fourth-order valence-corrected chi connectivity index (χ4v) is 2.27. The van der Waals surface area contributed by atoms with Crippen LogP contribution in [0.15, 0.2) is 18.5 Å². The maximum atomic E-state index is 13.7. The summed E-state index contributed by atoms with van der Waals surface area (Å²) < 4.78 is 30.5. The van der Waals surface area contributed by atoms with Crippen LogP contribution in [-0.4, -0.2) is 24.3 Å². The molecule has 0 N–H and O–H groups in total. The van der Waals surface area contributed by atoms with Gasteiger partial charge in [0.25, 0.3) is 0 Å². The normalized spacial score (nSPS) is 11.4. The van der Waals surface area contributed by atoms with Crippen molar-refractivity contribution in [1.29, 1.82) is 0 Å². The summed E-state index contributed by atoms with van der Waals surface area (Å²) in [6, 6.07) is 2.04. The van der Waals surface area contributed by atoms with Crippen LogP contribution in [0.5, 0.6) is 0 Å². The lowest BCUT2D eigenvalue weighted by Crippen LogP contribution is -2.08. The molecule has 1 aromatic carbocycles. The van der Waals surface area contributed by atoms with Crippen molar-refractivity contribution in [3.63, 3.8) is 0 Å². The van der Waals surface area contributed by atoms with Gasteiger partial charge in [0.1, 0.15) is 23.5 Å². The molecule has 0 unspecified atom stereocenters. The third-order valence-electron chi connectivity index (χ3n) is 3.08. The zero-order valence-electron chi connectivity index (χ0n) is 10.5. The highest BCUT2D eigenvalue weighted by Crippen LogP contribution is 2.22. The second kappa shape index (κ2) is 4.82. The lowest BCUT2D eigenvalue weighted by Gasteiger charge is -2.07. The van der Waals surface area contributed by atoms with Crippen molar-refractivity contribution in [3.8, 4) is 0 Å². The molecule has 5 nitrogen and oxygen atoms in total. The lowest BCUT2D eigenvalue weighted by molar-refractivity contribution is 0.590. The Morgan fingerprint density at radius 2 is 2.05 bits per heavy atom. The third kappa shape index (κ3) is 2.03. The Hall–Kier alpha value is -2.02. The fourth-order valence-electron chi connectivity index (χ4n) is 2.07. The zero-order chi connectivity index (χ0) is 14.3. The van der Waals surface area contributed by atoms with Gasteiger partial charge in [-0.1, -0.05) is 0 Å². The Balaban J connectivity index is 2.20. The maximum absolute atomic E-state index is 13.7. The number of halogens is 3. The van der Waals surface area contributed by atoms with Gasteiger partial charge in [0.2, 0.25) is 0 Å². The van der Waals surface area contributed by atoms with Crippen molar-refractivity contribution in [2.24, 2.45) is 7.05 Å².